The molecule has 1 atom stereocenters. The normalized spacial score (nSPS) is 20.1. The lowest BCUT2D eigenvalue weighted by Gasteiger charge is -2.36. The lowest BCUT2D eigenvalue weighted by Crippen LogP contribution is -2.26. The highest BCUT2D eigenvalue weighted by Crippen LogP contribution is 2.41. The van der Waals surface area contributed by atoms with E-state index in [1.165, 1.54) is 51.9 Å². The highest BCUT2D eigenvalue weighted by atomic mass is 14.3. The van der Waals surface area contributed by atoms with Crippen LogP contribution in [0.4, 0.5) is 0 Å². The summed E-state index contributed by atoms with van der Waals surface area (Å²) in [5.41, 5.74) is 9.61. The van der Waals surface area contributed by atoms with Crippen LogP contribution in [0.3, 0.4) is 0 Å². The minimum atomic E-state index is 0.342. The molecule has 1 rings (SSSR count). The van der Waals surface area contributed by atoms with Gasteiger partial charge in [0.15, 0.2) is 0 Å². The summed E-state index contributed by atoms with van der Waals surface area (Å²) in [4.78, 5) is 0. The van der Waals surface area contributed by atoms with Crippen molar-refractivity contribution in [2.45, 2.75) is 94.9 Å². The Morgan fingerprint density at radius 1 is 0.700 bits per heavy atom. The Bertz CT molecular complexity index is 1160. The number of hydrogen-bond donors (Lipinski definition) is 0. The number of rotatable bonds is 13. The Hall–Kier alpha value is -3.12. The summed E-state index contributed by atoms with van der Waals surface area (Å²) < 4.78 is 0. The molecule has 0 aromatic carbocycles. The van der Waals surface area contributed by atoms with Gasteiger partial charge in [0.05, 0.1) is 0 Å². The third-order valence-corrected chi connectivity index (χ3v) is 7.24. The van der Waals surface area contributed by atoms with E-state index < -0.39 is 0 Å². The monoisotopic (exact) mass is 536 g/mol. The molecule has 0 amide bonds. The molecule has 1 aliphatic carbocycles. The van der Waals surface area contributed by atoms with Gasteiger partial charge in [-0.25, -0.2) is 0 Å². The molecule has 1 unspecified atom stereocenters. The van der Waals surface area contributed by atoms with Crippen molar-refractivity contribution in [1.82, 2.24) is 0 Å². The van der Waals surface area contributed by atoms with Crippen LogP contribution in [0.5, 0.6) is 0 Å². The molecule has 0 fully saturated rings. The van der Waals surface area contributed by atoms with Gasteiger partial charge < -0.3 is 0 Å². The topological polar surface area (TPSA) is 0 Å². The van der Waals surface area contributed by atoms with Crippen molar-refractivity contribution in [3.63, 3.8) is 0 Å². The average Bonchev–Trinajstić information content (AvgIpc) is 2.85. The SMILES string of the molecule is CC(C)=CCC\C(C)=C/C=C/C(C)=C/C=C/C(C)=C/C=C/C=C(C)/C=C/C=C(C)/C=C/C1C(C)=CCCC1(C)C. The summed E-state index contributed by atoms with van der Waals surface area (Å²) in [6, 6.07) is 0. The lowest BCUT2D eigenvalue weighted by molar-refractivity contribution is 0.255. The Morgan fingerprint density at radius 3 is 1.68 bits per heavy atom. The van der Waals surface area contributed by atoms with Gasteiger partial charge >= 0.3 is 0 Å². The van der Waals surface area contributed by atoms with E-state index in [9.17, 15) is 0 Å². The van der Waals surface area contributed by atoms with E-state index in [1.54, 1.807) is 0 Å². The van der Waals surface area contributed by atoms with Crippen LogP contribution in [0, 0.1) is 11.3 Å². The molecule has 0 aliphatic heterocycles. The molecule has 0 bridgehead atoms. The van der Waals surface area contributed by atoms with Gasteiger partial charge in [-0.1, -0.05) is 156 Å². The van der Waals surface area contributed by atoms with Crippen molar-refractivity contribution in [3.05, 3.63) is 142 Å². The zero-order valence-electron chi connectivity index (χ0n) is 27.2. The molecule has 0 N–H and O–H groups in total. The molecule has 0 saturated heterocycles. The minimum absolute atomic E-state index is 0.342. The van der Waals surface area contributed by atoms with Crippen molar-refractivity contribution in [1.29, 1.82) is 0 Å². The summed E-state index contributed by atoms with van der Waals surface area (Å²) in [6.45, 7) is 22.1. The fourth-order valence-electron chi connectivity index (χ4n) is 4.61. The predicted octanol–water partition coefficient (Wildman–Crippen LogP) is 12.6. The second-order valence-electron chi connectivity index (χ2n) is 12.3. The van der Waals surface area contributed by atoms with E-state index in [0.29, 0.717) is 11.3 Å². The van der Waals surface area contributed by atoms with Crippen LogP contribution in [0.1, 0.15) is 94.9 Å². The fraction of sp³-hybridized carbons (Fsp3) is 0.400. The van der Waals surface area contributed by atoms with Gasteiger partial charge in [0.2, 0.25) is 0 Å². The van der Waals surface area contributed by atoms with Crippen molar-refractivity contribution < 1.29 is 0 Å². The largest absolute Gasteiger partial charge is 0.0856 e. The Balaban J connectivity index is 2.57. The zero-order chi connectivity index (χ0) is 30.0. The molecule has 0 saturated carbocycles. The summed E-state index contributed by atoms with van der Waals surface area (Å²) in [5.74, 6) is 0.531. The predicted molar refractivity (Wildman–Crippen MR) is 183 cm³/mol. The third kappa shape index (κ3) is 16.1. The molecule has 0 aromatic rings. The van der Waals surface area contributed by atoms with E-state index in [4.69, 9.17) is 0 Å². The van der Waals surface area contributed by atoms with Gasteiger partial charge in [-0.2, -0.15) is 0 Å². The van der Waals surface area contributed by atoms with Crippen molar-refractivity contribution >= 4 is 0 Å². The van der Waals surface area contributed by atoms with Gasteiger partial charge in [-0.3, -0.25) is 0 Å². The summed E-state index contributed by atoms with van der Waals surface area (Å²) >= 11 is 0. The molecule has 40 heavy (non-hydrogen) atoms. The van der Waals surface area contributed by atoms with Crippen LogP contribution in [-0.2, 0) is 0 Å². The zero-order valence-corrected chi connectivity index (χ0v) is 27.2. The lowest BCUT2D eigenvalue weighted by atomic mass is 9.68. The highest BCUT2D eigenvalue weighted by Gasteiger charge is 2.30. The summed E-state index contributed by atoms with van der Waals surface area (Å²) in [6.07, 6.45) is 42.0. The molecule has 1 aliphatic rings. The van der Waals surface area contributed by atoms with Crippen LogP contribution >= 0.6 is 0 Å². The van der Waals surface area contributed by atoms with E-state index in [2.05, 4.69) is 173 Å². The van der Waals surface area contributed by atoms with E-state index in [-0.39, 0.29) is 0 Å². The standard InChI is InChI=1S/C40H56/c1-32(2)18-13-21-35(5)24-15-26-36(6)25-14-22-33(3)19-11-12-20-34(4)23-16-27-37(7)29-30-39-38(8)28-17-31-40(39,9)10/h11-12,14-16,18-20,22-30,39H,13,17,21,31H2,1-10H3/b12-11+,22-14+,23-16+,26-15+,30-29+,33-19+,34-20+,35-24-,36-25+,37-27+. The molecule has 0 heteroatoms. The molecule has 0 spiro atoms. The van der Waals surface area contributed by atoms with E-state index in [1.807, 2.05) is 0 Å². The molecular formula is C40H56. The number of allylic oxidation sites excluding steroid dienone is 24. The molecule has 0 nitrogen and oxygen atoms in total. The Morgan fingerprint density at radius 2 is 1.18 bits per heavy atom. The average molecular weight is 537 g/mol. The first-order chi connectivity index (χ1) is 18.9. The smallest absolute Gasteiger partial charge is 0.00285 e. The maximum absolute atomic E-state index is 2.40. The molecule has 216 valence electrons. The maximum Gasteiger partial charge on any atom is 0.00285 e. The van der Waals surface area contributed by atoms with Crippen LogP contribution in [0.15, 0.2) is 142 Å². The first-order valence-electron chi connectivity index (χ1n) is 14.9. The maximum atomic E-state index is 2.40. The minimum Gasteiger partial charge on any atom is -0.0856 e. The quantitative estimate of drug-likeness (QED) is 0.162. The van der Waals surface area contributed by atoms with Gasteiger partial charge in [-0.15, -0.1) is 0 Å². The van der Waals surface area contributed by atoms with E-state index in [0.717, 1.165) is 12.8 Å². The van der Waals surface area contributed by atoms with Gasteiger partial charge in [0, 0.05) is 5.92 Å². The van der Waals surface area contributed by atoms with Crippen molar-refractivity contribution in [2.24, 2.45) is 11.3 Å². The van der Waals surface area contributed by atoms with Crippen molar-refractivity contribution in [3.8, 4) is 0 Å². The van der Waals surface area contributed by atoms with Gasteiger partial charge in [0.25, 0.3) is 0 Å². The van der Waals surface area contributed by atoms with Crippen LogP contribution in [-0.4, -0.2) is 0 Å². The number of hydrogen-bond acceptors (Lipinski definition) is 0. The fourth-order valence-corrected chi connectivity index (χ4v) is 4.61. The molecule has 0 aromatic heterocycles. The summed E-state index contributed by atoms with van der Waals surface area (Å²) in [5, 5.41) is 0. The third-order valence-electron chi connectivity index (χ3n) is 7.24. The first-order valence-corrected chi connectivity index (χ1v) is 14.9. The Kier molecular flexibility index (Phi) is 16.6. The van der Waals surface area contributed by atoms with Crippen molar-refractivity contribution in [2.75, 3.05) is 0 Å². The van der Waals surface area contributed by atoms with Gasteiger partial charge in [0.1, 0.15) is 0 Å². The first kappa shape index (κ1) is 34.9. The van der Waals surface area contributed by atoms with Gasteiger partial charge in [-0.05, 0) is 86.5 Å². The van der Waals surface area contributed by atoms with Crippen LogP contribution in [0.2, 0.25) is 0 Å². The molecule has 0 radical (unpaired) electrons. The molecule has 0 heterocycles. The van der Waals surface area contributed by atoms with Crippen LogP contribution < -0.4 is 0 Å². The van der Waals surface area contributed by atoms with Crippen LogP contribution in [0.25, 0.3) is 0 Å². The van der Waals surface area contributed by atoms with E-state index >= 15 is 0 Å². The Labute approximate surface area is 248 Å². The summed E-state index contributed by atoms with van der Waals surface area (Å²) in [7, 11) is 0. The second-order valence-corrected chi connectivity index (χ2v) is 12.3. The molecular weight excluding hydrogens is 480 g/mol. The highest BCUT2D eigenvalue weighted by molar-refractivity contribution is 5.33. The second kappa shape index (κ2) is 19.0.